The average Bonchev–Trinajstić information content (AvgIpc) is 3.42. The number of likely N-dealkylation sites (tertiary alicyclic amines) is 1. The third-order valence-corrected chi connectivity index (χ3v) is 6.03. The molecule has 7 nitrogen and oxygen atoms in total. The highest BCUT2D eigenvalue weighted by Gasteiger charge is 2.31. The molecule has 32 heavy (non-hydrogen) atoms. The van der Waals surface area contributed by atoms with Crippen LogP contribution in [0, 0.1) is 12.7 Å². The number of benzene rings is 1. The summed E-state index contributed by atoms with van der Waals surface area (Å²) in [6.07, 6.45) is 4.32. The molecule has 1 aromatic carbocycles. The highest BCUT2D eigenvalue weighted by atomic mass is 19.1. The van der Waals surface area contributed by atoms with Crippen molar-refractivity contribution in [3.8, 4) is 17.2 Å². The fourth-order valence-electron chi connectivity index (χ4n) is 4.19. The van der Waals surface area contributed by atoms with Gasteiger partial charge in [0, 0.05) is 30.9 Å². The van der Waals surface area contributed by atoms with Gasteiger partial charge in [0.25, 0.3) is 11.9 Å². The molecule has 1 amide bonds. The molecular weight excluding hydrogens is 407 g/mol. The minimum atomic E-state index is -0.295. The van der Waals surface area contributed by atoms with Crippen LogP contribution in [-0.4, -0.2) is 68.7 Å². The van der Waals surface area contributed by atoms with Crippen molar-refractivity contribution in [3.63, 3.8) is 0 Å². The molecular formula is C24H29FN6O. The lowest BCUT2D eigenvalue weighted by atomic mass is 10.0. The molecule has 0 radical (unpaired) electrons. The van der Waals surface area contributed by atoms with Crippen molar-refractivity contribution in [1.29, 1.82) is 0 Å². The summed E-state index contributed by atoms with van der Waals surface area (Å²) in [5.74, 6) is 0.139. The van der Waals surface area contributed by atoms with Gasteiger partial charge in [0.1, 0.15) is 5.82 Å². The van der Waals surface area contributed by atoms with E-state index in [0.29, 0.717) is 29.8 Å². The van der Waals surface area contributed by atoms with Crippen molar-refractivity contribution in [1.82, 2.24) is 29.5 Å². The zero-order valence-corrected chi connectivity index (χ0v) is 19.2. The first-order valence-electron chi connectivity index (χ1n) is 10.9. The molecule has 0 unspecified atom stereocenters. The van der Waals surface area contributed by atoms with Crippen LogP contribution in [0.4, 0.5) is 4.39 Å². The van der Waals surface area contributed by atoms with E-state index in [4.69, 9.17) is 4.98 Å². The van der Waals surface area contributed by atoms with Gasteiger partial charge in [-0.3, -0.25) is 4.79 Å². The fourth-order valence-corrected chi connectivity index (χ4v) is 4.19. The van der Waals surface area contributed by atoms with Gasteiger partial charge in [-0.15, -0.1) is 0 Å². The molecule has 1 aliphatic rings. The molecule has 1 aliphatic heterocycles. The molecule has 0 N–H and O–H groups in total. The summed E-state index contributed by atoms with van der Waals surface area (Å²) in [5.41, 5.74) is 3.76. The van der Waals surface area contributed by atoms with E-state index in [9.17, 15) is 9.18 Å². The molecule has 4 rings (SSSR count). The first-order chi connectivity index (χ1) is 15.3. The molecule has 0 saturated carbocycles. The van der Waals surface area contributed by atoms with E-state index in [0.717, 1.165) is 29.8 Å². The van der Waals surface area contributed by atoms with E-state index in [1.165, 1.54) is 12.1 Å². The van der Waals surface area contributed by atoms with Crippen molar-refractivity contribution in [2.24, 2.45) is 0 Å². The lowest BCUT2D eigenvalue weighted by Gasteiger charge is -2.21. The number of amides is 1. The Balaban J connectivity index is 1.71. The topological polar surface area (TPSA) is 67.2 Å². The first-order valence-corrected chi connectivity index (χ1v) is 10.9. The molecule has 8 heteroatoms. The van der Waals surface area contributed by atoms with Crippen molar-refractivity contribution in [2.45, 2.75) is 39.2 Å². The number of aromatic nitrogens is 4. The number of likely N-dealkylation sites (N-methyl/N-ethyl adjacent to an activating group) is 1. The summed E-state index contributed by atoms with van der Waals surface area (Å²) >= 11 is 0. The largest absolute Gasteiger partial charge is 0.337 e. The van der Waals surface area contributed by atoms with E-state index in [-0.39, 0.29) is 17.6 Å². The van der Waals surface area contributed by atoms with Crippen molar-refractivity contribution >= 4 is 5.91 Å². The summed E-state index contributed by atoms with van der Waals surface area (Å²) in [6, 6.07) is 6.60. The number of rotatable bonds is 5. The summed E-state index contributed by atoms with van der Waals surface area (Å²) in [4.78, 5) is 26.6. The predicted molar refractivity (Wildman–Crippen MR) is 121 cm³/mol. The zero-order chi connectivity index (χ0) is 23.0. The van der Waals surface area contributed by atoms with Crippen LogP contribution in [0.2, 0.25) is 0 Å². The van der Waals surface area contributed by atoms with Crippen LogP contribution >= 0.6 is 0 Å². The van der Waals surface area contributed by atoms with Gasteiger partial charge >= 0.3 is 0 Å². The third-order valence-electron chi connectivity index (χ3n) is 6.03. The minimum absolute atomic E-state index is 0.00447. The third kappa shape index (κ3) is 4.14. The molecule has 0 aliphatic carbocycles. The number of aryl methyl sites for hydroxylation is 1. The molecule has 3 heterocycles. The Hall–Kier alpha value is -3.13. The Morgan fingerprint density at radius 3 is 2.53 bits per heavy atom. The Kier molecular flexibility index (Phi) is 6.06. The van der Waals surface area contributed by atoms with Crippen LogP contribution in [-0.2, 0) is 0 Å². The highest BCUT2D eigenvalue weighted by molar-refractivity contribution is 5.95. The lowest BCUT2D eigenvalue weighted by Crippen LogP contribution is -2.34. The van der Waals surface area contributed by atoms with Gasteiger partial charge in [0.2, 0.25) is 0 Å². The fraction of sp³-hybridized carbons (Fsp3) is 0.417. The van der Waals surface area contributed by atoms with E-state index in [1.54, 1.807) is 29.2 Å². The Morgan fingerprint density at radius 2 is 1.91 bits per heavy atom. The van der Waals surface area contributed by atoms with Gasteiger partial charge in [-0.25, -0.2) is 19.0 Å². The molecule has 3 aromatic rings. The smallest absolute Gasteiger partial charge is 0.257 e. The number of carbonyl (C=O) groups is 1. The van der Waals surface area contributed by atoms with Crippen LogP contribution in [0.25, 0.3) is 17.2 Å². The van der Waals surface area contributed by atoms with Gasteiger partial charge < -0.3 is 9.80 Å². The van der Waals surface area contributed by atoms with Crippen LogP contribution in [0.1, 0.15) is 47.8 Å². The molecule has 1 fully saturated rings. The van der Waals surface area contributed by atoms with Crippen molar-refractivity contribution in [3.05, 3.63) is 59.3 Å². The Labute approximate surface area is 187 Å². The maximum Gasteiger partial charge on any atom is 0.257 e. The Morgan fingerprint density at radius 1 is 1.19 bits per heavy atom. The van der Waals surface area contributed by atoms with Gasteiger partial charge in [0.05, 0.1) is 23.1 Å². The molecule has 1 atom stereocenters. The second-order valence-electron chi connectivity index (χ2n) is 8.88. The van der Waals surface area contributed by atoms with E-state index < -0.39 is 0 Å². The van der Waals surface area contributed by atoms with Gasteiger partial charge in [-0.2, -0.15) is 5.10 Å². The maximum absolute atomic E-state index is 13.4. The number of carbonyl (C=O) groups excluding carboxylic acids is 1. The second-order valence-corrected chi connectivity index (χ2v) is 8.88. The number of hydrogen-bond acceptors (Lipinski definition) is 5. The molecule has 168 valence electrons. The summed E-state index contributed by atoms with van der Waals surface area (Å²) in [5, 5.41) is 4.51. The normalized spacial score (nSPS) is 16.4. The van der Waals surface area contributed by atoms with Gasteiger partial charge in [0.15, 0.2) is 0 Å². The Bertz CT molecular complexity index is 1120. The van der Waals surface area contributed by atoms with Crippen molar-refractivity contribution in [2.75, 3.05) is 27.2 Å². The van der Waals surface area contributed by atoms with Gasteiger partial charge in [-0.05, 0) is 63.2 Å². The lowest BCUT2D eigenvalue weighted by molar-refractivity contribution is 0.0781. The standard InChI is InChI=1S/C24H29FN6O/c1-15(2)22-20(23(32)30-11-10-19(14-30)29(4)5)13-27-31(22)24-26-12-16(3)21(28-24)17-6-8-18(25)9-7-17/h6-9,12-13,15,19H,10-11,14H2,1-5H3/t19-/m0/s1. The molecule has 2 aromatic heterocycles. The number of halogens is 1. The SMILES string of the molecule is Cc1cnc(-n2ncc(C(=O)N3CC[C@H](N(C)C)C3)c2C(C)C)nc1-c1ccc(F)cc1. The average molecular weight is 437 g/mol. The summed E-state index contributed by atoms with van der Waals surface area (Å²) in [6.45, 7) is 7.43. The molecule has 0 spiro atoms. The monoisotopic (exact) mass is 436 g/mol. The summed E-state index contributed by atoms with van der Waals surface area (Å²) in [7, 11) is 4.09. The van der Waals surface area contributed by atoms with Crippen LogP contribution in [0.15, 0.2) is 36.7 Å². The molecule has 1 saturated heterocycles. The maximum atomic E-state index is 13.4. The van der Waals surface area contributed by atoms with E-state index in [2.05, 4.69) is 15.0 Å². The van der Waals surface area contributed by atoms with E-state index >= 15 is 0 Å². The van der Waals surface area contributed by atoms with Crippen LogP contribution in [0.3, 0.4) is 0 Å². The second kappa shape index (κ2) is 8.78. The molecule has 0 bridgehead atoms. The summed E-state index contributed by atoms with van der Waals surface area (Å²) < 4.78 is 15.0. The predicted octanol–water partition coefficient (Wildman–Crippen LogP) is 3.68. The number of hydrogen-bond donors (Lipinski definition) is 0. The van der Waals surface area contributed by atoms with E-state index in [1.807, 2.05) is 39.8 Å². The van der Waals surface area contributed by atoms with Crippen LogP contribution < -0.4 is 0 Å². The number of nitrogens with zero attached hydrogens (tertiary/aromatic N) is 6. The minimum Gasteiger partial charge on any atom is -0.337 e. The van der Waals surface area contributed by atoms with Gasteiger partial charge in [-0.1, -0.05) is 13.8 Å². The first kappa shape index (κ1) is 22.1. The van der Waals surface area contributed by atoms with Crippen molar-refractivity contribution < 1.29 is 9.18 Å². The quantitative estimate of drug-likeness (QED) is 0.610. The highest BCUT2D eigenvalue weighted by Crippen LogP contribution is 2.27. The zero-order valence-electron chi connectivity index (χ0n) is 19.2. The van der Waals surface area contributed by atoms with Crippen LogP contribution in [0.5, 0.6) is 0 Å².